The minimum atomic E-state index is 0.0201. The van der Waals surface area contributed by atoms with Crippen LogP contribution in [0.2, 0.25) is 0 Å². The molecule has 150 valence electrons. The van der Waals surface area contributed by atoms with Crippen molar-refractivity contribution < 1.29 is 0 Å². The van der Waals surface area contributed by atoms with E-state index in [-0.39, 0.29) is 5.56 Å². The Bertz CT molecular complexity index is 838. The van der Waals surface area contributed by atoms with Gasteiger partial charge in [0.05, 0.1) is 13.1 Å². The number of pyridine rings is 1. The number of hydrogen-bond acceptors (Lipinski definition) is 3. The molecule has 0 spiro atoms. The van der Waals surface area contributed by atoms with Gasteiger partial charge in [-0.3, -0.25) is 4.79 Å². The van der Waals surface area contributed by atoms with Crippen LogP contribution in [-0.2, 0) is 13.1 Å². The van der Waals surface area contributed by atoms with Gasteiger partial charge in [0, 0.05) is 30.1 Å². The zero-order valence-electron chi connectivity index (χ0n) is 16.8. The van der Waals surface area contributed by atoms with E-state index in [9.17, 15) is 4.79 Å². The van der Waals surface area contributed by atoms with Crippen molar-refractivity contribution in [1.29, 1.82) is 0 Å². The molecule has 1 aliphatic rings. The zero-order chi connectivity index (χ0) is 19.8. The first-order valence-corrected chi connectivity index (χ1v) is 11.0. The predicted octanol–water partition coefficient (Wildman–Crippen LogP) is 3.24. The Hall–Kier alpha value is -2.21. The Kier molecular flexibility index (Phi) is 7.20. The van der Waals surface area contributed by atoms with Gasteiger partial charge in [-0.2, -0.15) is 11.8 Å². The maximum absolute atomic E-state index is 11.8. The summed E-state index contributed by atoms with van der Waals surface area (Å²) in [6, 6.07) is 13.5. The summed E-state index contributed by atoms with van der Waals surface area (Å²) in [5.41, 5.74) is 2.28. The molecule has 0 aliphatic carbocycles. The maximum atomic E-state index is 11.8. The van der Waals surface area contributed by atoms with Gasteiger partial charge in [-0.15, -0.1) is 0 Å². The Morgan fingerprint density at radius 2 is 1.96 bits per heavy atom. The second kappa shape index (κ2) is 9.82. The Morgan fingerprint density at radius 1 is 1.18 bits per heavy atom. The van der Waals surface area contributed by atoms with Gasteiger partial charge in [0.25, 0.3) is 5.56 Å². The van der Waals surface area contributed by atoms with Gasteiger partial charge in [-0.25, -0.2) is 4.99 Å². The minimum Gasteiger partial charge on any atom is -0.357 e. The second-order valence-corrected chi connectivity index (χ2v) is 9.12. The van der Waals surface area contributed by atoms with Crippen molar-refractivity contribution >= 4 is 17.7 Å². The zero-order valence-corrected chi connectivity index (χ0v) is 17.6. The lowest BCUT2D eigenvalue weighted by molar-refractivity contribution is 0.584. The third-order valence-corrected chi connectivity index (χ3v) is 6.51. The molecule has 0 bridgehead atoms. The van der Waals surface area contributed by atoms with E-state index in [1.165, 1.54) is 18.6 Å². The van der Waals surface area contributed by atoms with Crippen LogP contribution in [0.25, 0.3) is 0 Å². The van der Waals surface area contributed by atoms with Crippen molar-refractivity contribution in [1.82, 2.24) is 15.2 Å². The van der Waals surface area contributed by atoms with E-state index >= 15 is 0 Å². The fourth-order valence-electron chi connectivity index (χ4n) is 3.30. The van der Waals surface area contributed by atoms with Crippen LogP contribution in [0.5, 0.6) is 0 Å². The van der Waals surface area contributed by atoms with Crippen molar-refractivity contribution in [3.8, 4) is 0 Å². The lowest BCUT2D eigenvalue weighted by Crippen LogP contribution is -2.43. The van der Waals surface area contributed by atoms with Crippen molar-refractivity contribution in [2.24, 2.45) is 4.99 Å². The summed E-state index contributed by atoms with van der Waals surface area (Å²) >= 11 is 2.05. The third-order valence-electron chi connectivity index (χ3n) is 4.97. The fourth-order valence-corrected chi connectivity index (χ4v) is 4.54. The van der Waals surface area contributed by atoms with Crippen LogP contribution in [0.4, 0.5) is 0 Å². The van der Waals surface area contributed by atoms with Gasteiger partial charge in [0.2, 0.25) is 0 Å². The second-order valence-electron chi connectivity index (χ2n) is 7.43. The maximum Gasteiger partial charge on any atom is 0.250 e. The molecule has 2 heterocycles. The van der Waals surface area contributed by atoms with E-state index in [0.717, 1.165) is 30.2 Å². The van der Waals surface area contributed by atoms with Crippen LogP contribution in [-0.4, -0.2) is 34.1 Å². The SMILES string of the molecule is CCNC(=NCc1ccc(Cn2ccccc2=O)cc1)NCC1(C)CCCS1. The number of rotatable bonds is 7. The van der Waals surface area contributed by atoms with E-state index in [1.807, 2.05) is 12.3 Å². The molecule has 0 radical (unpaired) electrons. The normalized spacial score (nSPS) is 19.6. The Labute approximate surface area is 171 Å². The third kappa shape index (κ3) is 5.89. The molecule has 28 heavy (non-hydrogen) atoms. The van der Waals surface area contributed by atoms with Crippen molar-refractivity contribution in [2.45, 2.75) is 44.5 Å². The number of benzene rings is 1. The highest BCUT2D eigenvalue weighted by Gasteiger charge is 2.29. The summed E-state index contributed by atoms with van der Waals surface area (Å²) < 4.78 is 2.02. The molecule has 0 saturated carbocycles. The number of nitrogens with one attached hydrogen (secondary N) is 2. The molecule has 1 saturated heterocycles. The molecular weight excluding hydrogens is 368 g/mol. The van der Waals surface area contributed by atoms with Gasteiger partial charge in [0.1, 0.15) is 0 Å². The highest BCUT2D eigenvalue weighted by molar-refractivity contribution is 8.00. The molecule has 3 rings (SSSR count). The van der Waals surface area contributed by atoms with E-state index in [4.69, 9.17) is 4.99 Å². The number of aliphatic imine (C=N–C) groups is 1. The Balaban J connectivity index is 1.58. The summed E-state index contributed by atoms with van der Waals surface area (Å²) in [5.74, 6) is 2.13. The molecule has 2 N–H and O–H groups in total. The van der Waals surface area contributed by atoms with Gasteiger partial charge < -0.3 is 15.2 Å². The highest BCUT2D eigenvalue weighted by Crippen LogP contribution is 2.36. The molecule has 1 fully saturated rings. The number of thioether (sulfide) groups is 1. The first kappa shape index (κ1) is 20.5. The van der Waals surface area contributed by atoms with Crippen LogP contribution in [0, 0.1) is 0 Å². The molecule has 6 heteroatoms. The average Bonchev–Trinajstić information content (AvgIpc) is 3.14. The van der Waals surface area contributed by atoms with Crippen LogP contribution in [0.3, 0.4) is 0 Å². The smallest absolute Gasteiger partial charge is 0.250 e. The van der Waals surface area contributed by atoms with E-state index in [2.05, 4.69) is 60.5 Å². The first-order chi connectivity index (χ1) is 13.6. The lowest BCUT2D eigenvalue weighted by Gasteiger charge is -2.24. The van der Waals surface area contributed by atoms with Crippen molar-refractivity contribution in [2.75, 3.05) is 18.8 Å². The summed E-state index contributed by atoms with van der Waals surface area (Å²) in [5, 5.41) is 6.84. The number of nitrogens with zero attached hydrogens (tertiary/aromatic N) is 2. The lowest BCUT2D eigenvalue weighted by atomic mass is 10.1. The van der Waals surface area contributed by atoms with Crippen molar-refractivity contribution in [3.05, 3.63) is 70.1 Å². The minimum absolute atomic E-state index is 0.0201. The van der Waals surface area contributed by atoms with E-state index in [0.29, 0.717) is 17.8 Å². The first-order valence-electron chi connectivity index (χ1n) is 9.97. The molecule has 1 unspecified atom stereocenters. The number of aromatic nitrogens is 1. The quantitative estimate of drug-likeness (QED) is 0.555. The molecule has 1 aromatic heterocycles. The van der Waals surface area contributed by atoms with E-state index in [1.54, 1.807) is 16.7 Å². The van der Waals surface area contributed by atoms with Crippen LogP contribution >= 0.6 is 11.8 Å². The molecule has 1 aliphatic heterocycles. The topological polar surface area (TPSA) is 58.4 Å². The van der Waals surface area contributed by atoms with Crippen LogP contribution in [0.15, 0.2) is 58.4 Å². The summed E-state index contributed by atoms with van der Waals surface area (Å²) in [6.45, 7) is 7.42. The van der Waals surface area contributed by atoms with Crippen LogP contribution in [0.1, 0.15) is 37.8 Å². The summed E-state index contributed by atoms with van der Waals surface area (Å²) in [7, 11) is 0. The molecular formula is C22H30N4OS. The highest BCUT2D eigenvalue weighted by atomic mass is 32.2. The van der Waals surface area contributed by atoms with Gasteiger partial charge in [-0.1, -0.05) is 30.3 Å². The van der Waals surface area contributed by atoms with Gasteiger partial charge in [0.15, 0.2) is 5.96 Å². The van der Waals surface area contributed by atoms with Gasteiger partial charge >= 0.3 is 0 Å². The average molecular weight is 399 g/mol. The molecule has 5 nitrogen and oxygen atoms in total. The largest absolute Gasteiger partial charge is 0.357 e. The molecule has 1 aromatic carbocycles. The molecule has 2 aromatic rings. The van der Waals surface area contributed by atoms with Gasteiger partial charge in [-0.05, 0) is 49.6 Å². The summed E-state index contributed by atoms with van der Waals surface area (Å²) in [6.07, 6.45) is 4.38. The van der Waals surface area contributed by atoms with Crippen LogP contribution < -0.4 is 16.2 Å². The standard InChI is InChI=1S/C22H30N4OS/c1-3-23-21(25-17-22(2)12-6-14-28-22)24-15-18-8-10-19(11-9-18)16-26-13-5-4-7-20(26)27/h4-5,7-11,13H,3,6,12,14-17H2,1-2H3,(H2,23,24,25). The molecule has 0 amide bonds. The number of hydrogen-bond donors (Lipinski definition) is 2. The predicted molar refractivity (Wildman–Crippen MR) is 119 cm³/mol. The van der Waals surface area contributed by atoms with Crippen molar-refractivity contribution in [3.63, 3.8) is 0 Å². The summed E-state index contributed by atoms with van der Waals surface area (Å²) in [4.78, 5) is 16.6. The van der Waals surface area contributed by atoms with E-state index < -0.39 is 0 Å². The monoisotopic (exact) mass is 398 g/mol. The number of guanidine groups is 1. The Morgan fingerprint density at radius 3 is 2.64 bits per heavy atom. The molecule has 1 atom stereocenters. The fraction of sp³-hybridized carbons (Fsp3) is 0.455.